The molecule has 0 saturated heterocycles. The molecule has 4 nitrogen and oxygen atoms in total. The van der Waals surface area contributed by atoms with Gasteiger partial charge in [-0.05, 0) is 85.6 Å². The van der Waals surface area contributed by atoms with Crippen LogP contribution in [0.15, 0.2) is 48.5 Å². The molecule has 0 radical (unpaired) electrons. The third kappa shape index (κ3) is 3.51. The number of nitrogens with one attached hydrogen (secondary N) is 2. The second-order valence-electron chi connectivity index (χ2n) is 9.08. The van der Waals surface area contributed by atoms with Gasteiger partial charge in [-0.2, -0.15) is 0 Å². The smallest absolute Gasteiger partial charge is 0.251 e. The highest BCUT2D eigenvalue weighted by atomic mass is 16.5. The molecule has 1 amide bonds. The molecule has 3 aliphatic rings. The summed E-state index contributed by atoms with van der Waals surface area (Å²) in [7, 11) is 0. The van der Waals surface area contributed by atoms with Crippen LogP contribution in [0.25, 0.3) is 0 Å². The van der Waals surface area contributed by atoms with Crippen LogP contribution in [0.4, 0.5) is 5.69 Å². The van der Waals surface area contributed by atoms with Gasteiger partial charge in [0, 0.05) is 31.0 Å². The topological polar surface area (TPSA) is 50.4 Å². The van der Waals surface area contributed by atoms with Crippen LogP contribution in [-0.4, -0.2) is 25.7 Å². The molecule has 2 aromatic carbocycles. The van der Waals surface area contributed by atoms with Crippen LogP contribution in [0.1, 0.15) is 66.1 Å². The van der Waals surface area contributed by atoms with E-state index in [2.05, 4.69) is 53.1 Å². The van der Waals surface area contributed by atoms with E-state index < -0.39 is 0 Å². The maximum absolute atomic E-state index is 12.7. The molecule has 5 unspecified atom stereocenters. The molecular weight excluding hydrogens is 372 g/mol. The summed E-state index contributed by atoms with van der Waals surface area (Å²) >= 11 is 0. The van der Waals surface area contributed by atoms with E-state index in [4.69, 9.17) is 4.74 Å². The van der Waals surface area contributed by atoms with Gasteiger partial charge in [0.2, 0.25) is 0 Å². The summed E-state index contributed by atoms with van der Waals surface area (Å²) in [5.41, 5.74) is 4.75. The quantitative estimate of drug-likeness (QED) is 0.628. The first-order valence-electron chi connectivity index (χ1n) is 11.6. The minimum Gasteiger partial charge on any atom is -0.382 e. The lowest BCUT2D eigenvalue weighted by Crippen LogP contribution is -2.35. The number of anilines is 1. The Morgan fingerprint density at radius 3 is 2.80 bits per heavy atom. The van der Waals surface area contributed by atoms with Crippen molar-refractivity contribution in [2.75, 3.05) is 25.1 Å². The predicted octanol–water partition coefficient (Wildman–Crippen LogP) is 5.14. The fraction of sp³-hybridized carbons (Fsp3) is 0.500. The van der Waals surface area contributed by atoms with Gasteiger partial charge in [-0.3, -0.25) is 4.79 Å². The zero-order valence-electron chi connectivity index (χ0n) is 17.8. The lowest BCUT2D eigenvalue weighted by molar-refractivity contribution is 0.0944. The van der Waals surface area contributed by atoms with Crippen molar-refractivity contribution >= 4 is 11.6 Å². The largest absolute Gasteiger partial charge is 0.382 e. The van der Waals surface area contributed by atoms with Crippen LogP contribution in [0, 0.1) is 17.8 Å². The van der Waals surface area contributed by atoms with E-state index in [1.54, 1.807) is 0 Å². The number of hydrogen-bond acceptors (Lipinski definition) is 3. The standard InChI is InChI=1S/C26H32N2O2/c1-2-30-14-6-13-27-26(29)20-11-12-22-21(16-20)23-18-9-10-19(15-18)24(23)25(28-22)17-7-4-3-5-8-17/h3-5,7-8,11-12,16,18-19,23-25,28H,2,6,9-10,13-15H2,1H3,(H,27,29). The Morgan fingerprint density at radius 2 is 1.97 bits per heavy atom. The monoisotopic (exact) mass is 404 g/mol. The lowest BCUT2D eigenvalue weighted by atomic mass is 9.68. The van der Waals surface area contributed by atoms with Crippen LogP contribution in [0.5, 0.6) is 0 Å². The molecule has 5 atom stereocenters. The van der Waals surface area contributed by atoms with Crippen LogP contribution >= 0.6 is 0 Å². The highest BCUT2D eigenvalue weighted by Crippen LogP contribution is 2.63. The first kappa shape index (κ1) is 19.6. The Kier molecular flexibility index (Phi) is 5.51. The van der Waals surface area contributed by atoms with Crippen LogP contribution in [0.3, 0.4) is 0 Å². The number of carbonyl (C=O) groups excluding carboxylic acids is 1. The van der Waals surface area contributed by atoms with Crippen molar-refractivity contribution in [3.05, 3.63) is 65.2 Å². The molecule has 30 heavy (non-hydrogen) atoms. The van der Waals surface area contributed by atoms with Gasteiger partial charge in [-0.15, -0.1) is 0 Å². The normalized spacial score (nSPS) is 28.5. The van der Waals surface area contributed by atoms with Crippen molar-refractivity contribution in [3.8, 4) is 0 Å². The molecule has 2 aliphatic carbocycles. The van der Waals surface area contributed by atoms with E-state index in [0.29, 0.717) is 31.0 Å². The predicted molar refractivity (Wildman–Crippen MR) is 120 cm³/mol. The number of rotatable bonds is 7. The van der Waals surface area contributed by atoms with Crippen LogP contribution in [-0.2, 0) is 4.74 Å². The van der Waals surface area contributed by atoms with E-state index in [1.165, 1.54) is 36.1 Å². The van der Waals surface area contributed by atoms with Crippen molar-refractivity contribution < 1.29 is 9.53 Å². The zero-order chi connectivity index (χ0) is 20.5. The minimum atomic E-state index is 0.0270. The first-order valence-corrected chi connectivity index (χ1v) is 11.6. The Morgan fingerprint density at radius 1 is 1.13 bits per heavy atom. The second kappa shape index (κ2) is 8.43. The van der Waals surface area contributed by atoms with Gasteiger partial charge < -0.3 is 15.4 Å². The Labute approximate surface area is 179 Å². The number of fused-ring (bicyclic) bond motifs is 7. The molecule has 4 heteroatoms. The van der Waals surface area contributed by atoms with Gasteiger partial charge in [-0.25, -0.2) is 0 Å². The molecule has 0 aromatic heterocycles. The molecule has 2 saturated carbocycles. The Bertz CT molecular complexity index is 897. The van der Waals surface area contributed by atoms with Gasteiger partial charge in [0.25, 0.3) is 5.91 Å². The third-order valence-corrected chi connectivity index (χ3v) is 7.46. The molecule has 5 rings (SSSR count). The van der Waals surface area contributed by atoms with E-state index in [0.717, 1.165) is 30.4 Å². The summed E-state index contributed by atoms with van der Waals surface area (Å²) in [5, 5.41) is 6.91. The number of carbonyl (C=O) groups is 1. The summed E-state index contributed by atoms with van der Waals surface area (Å²) in [6.07, 6.45) is 4.87. The van der Waals surface area contributed by atoms with E-state index in [9.17, 15) is 4.79 Å². The molecule has 1 aliphatic heterocycles. The van der Waals surface area contributed by atoms with Crippen molar-refractivity contribution in [1.29, 1.82) is 0 Å². The minimum absolute atomic E-state index is 0.0270. The summed E-state index contributed by atoms with van der Waals surface area (Å²) in [5.74, 6) is 2.77. The molecule has 2 N–H and O–H groups in total. The molecular formula is C26H32N2O2. The lowest BCUT2D eigenvalue weighted by Gasteiger charge is -2.43. The molecule has 1 heterocycles. The number of amides is 1. The third-order valence-electron chi connectivity index (χ3n) is 7.46. The maximum atomic E-state index is 12.7. The average Bonchev–Trinajstić information content (AvgIpc) is 3.41. The van der Waals surface area contributed by atoms with E-state index >= 15 is 0 Å². The highest BCUT2D eigenvalue weighted by Gasteiger charge is 2.53. The maximum Gasteiger partial charge on any atom is 0.251 e. The molecule has 2 aromatic rings. The van der Waals surface area contributed by atoms with Crippen molar-refractivity contribution in [2.45, 2.75) is 44.6 Å². The number of ether oxygens (including phenoxy) is 1. The van der Waals surface area contributed by atoms with Gasteiger partial charge in [0.05, 0.1) is 6.04 Å². The summed E-state index contributed by atoms with van der Waals surface area (Å²) in [6, 6.07) is 17.5. The van der Waals surface area contributed by atoms with E-state index in [1.807, 2.05) is 13.0 Å². The first-order chi connectivity index (χ1) is 14.8. The molecule has 158 valence electrons. The second-order valence-corrected chi connectivity index (χ2v) is 9.08. The van der Waals surface area contributed by atoms with Crippen molar-refractivity contribution in [2.24, 2.45) is 17.8 Å². The van der Waals surface area contributed by atoms with Crippen molar-refractivity contribution in [1.82, 2.24) is 5.32 Å². The molecule has 2 bridgehead atoms. The van der Waals surface area contributed by atoms with Crippen LogP contribution in [0.2, 0.25) is 0 Å². The number of hydrogen-bond donors (Lipinski definition) is 2. The summed E-state index contributed by atoms with van der Waals surface area (Å²) < 4.78 is 5.36. The summed E-state index contributed by atoms with van der Waals surface area (Å²) in [6.45, 7) is 4.06. The van der Waals surface area contributed by atoms with Gasteiger partial charge in [0.15, 0.2) is 0 Å². The fourth-order valence-corrected chi connectivity index (χ4v) is 6.24. The van der Waals surface area contributed by atoms with Gasteiger partial charge in [-0.1, -0.05) is 30.3 Å². The zero-order valence-corrected chi connectivity index (χ0v) is 17.8. The fourth-order valence-electron chi connectivity index (χ4n) is 6.24. The Balaban J connectivity index is 1.39. The molecule has 2 fully saturated rings. The van der Waals surface area contributed by atoms with Crippen LogP contribution < -0.4 is 10.6 Å². The summed E-state index contributed by atoms with van der Waals surface area (Å²) in [4.78, 5) is 12.7. The Hall–Kier alpha value is -2.33. The van der Waals surface area contributed by atoms with Gasteiger partial charge in [0.1, 0.15) is 0 Å². The average molecular weight is 405 g/mol. The number of benzene rings is 2. The van der Waals surface area contributed by atoms with Gasteiger partial charge >= 0.3 is 0 Å². The highest BCUT2D eigenvalue weighted by molar-refractivity contribution is 5.95. The van der Waals surface area contributed by atoms with Crippen molar-refractivity contribution in [3.63, 3.8) is 0 Å². The molecule has 0 spiro atoms. The SMILES string of the molecule is CCOCCCNC(=O)c1ccc2c(c1)C1C3CCC(C3)C1C(c1ccccc1)N2. The van der Waals surface area contributed by atoms with E-state index in [-0.39, 0.29) is 5.91 Å².